The van der Waals surface area contributed by atoms with Gasteiger partial charge in [0.05, 0.1) is 6.42 Å². The third-order valence-electron chi connectivity index (χ3n) is 1.13. The summed E-state index contributed by atoms with van der Waals surface area (Å²) in [5, 5.41) is 8.26. The molecule has 0 fully saturated rings. The van der Waals surface area contributed by atoms with Gasteiger partial charge in [-0.25, -0.2) is 0 Å². The average molecular weight is 166 g/mol. The van der Waals surface area contributed by atoms with E-state index in [2.05, 4.69) is 6.92 Å². The zero-order valence-corrected chi connectivity index (χ0v) is 7.23. The molecule has 0 amide bonds. The Bertz CT molecular complexity index is 200. The molecule has 66 valence electrons. The van der Waals surface area contributed by atoms with Crippen LogP contribution in [0.25, 0.3) is 0 Å². The van der Waals surface area contributed by atoms with Gasteiger partial charge in [-0.05, 0) is 6.42 Å². The summed E-state index contributed by atoms with van der Waals surface area (Å²) in [6.07, 6.45) is 12.1. The first-order valence-electron chi connectivity index (χ1n) is 3.97. The third-order valence-corrected chi connectivity index (χ3v) is 1.13. The van der Waals surface area contributed by atoms with E-state index in [1.54, 1.807) is 12.2 Å². The molecule has 2 nitrogen and oxygen atoms in total. The van der Waals surface area contributed by atoms with Crippen LogP contribution in [-0.4, -0.2) is 11.1 Å². The van der Waals surface area contributed by atoms with E-state index in [9.17, 15) is 4.79 Å². The predicted molar refractivity (Wildman–Crippen MR) is 50.0 cm³/mol. The number of carboxylic acids is 1. The Morgan fingerprint density at radius 2 is 1.75 bits per heavy atom. The van der Waals surface area contributed by atoms with Gasteiger partial charge in [-0.3, -0.25) is 4.79 Å². The van der Waals surface area contributed by atoms with E-state index in [1.807, 2.05) is 24.3 Å². The third kappa shape index (κ3) is 8.69. The summed E-state index contributed by atoms with van der Waals surface area (Å²) in [6.45, 7) is 2.06. The quantitative estimate of drug-likeness (QED) is 0.637. The van der Waals surface area contributed by atoms with Gasteiger partial charge in [-0.1, -0.05) is 43.4 Å². The predicted octanol–water partition coefficient (Wildman–Crippen LogP) is 2.54. The summed E-state index contributed by atoms with van der Waals surface area (Å²) in [7, 11) is 0. The highest BCUT2D eigenvalue weighted by Gasteiger charge is 1.86. The van der Waals surface area contributed by atoms with Gasteiger partial charge >= 0.3 is 5.97 Å². The van der Waals surface area contributed by atoms with Crippen molar-refractivity contribution >= 4 is 5.97 Å². The summed E-state index contributed by atoms with van der Waals surface area (Å²) < 4.78 is 0. The Kier molecular flexibility index (Phi) is 6.94. The molecular weight excluding hydrogens is 152 g/mol. The first-order valence-corrected chi connectivity index (χ1v) is 3.97. The van der Waals surface area contributed by atoms with Gasteiger partial charge in [0, 0.05) is 0 Å². The van der Waals surface area contributed by atoms with E-state index in [4.69, 9.17) is 5.11 Å². The molecule has 0 rings (SSSR count). The highest BCUT2D eigenvalue weighted by atomic mass is 16.4. The fourth-order valence-corrected chi connectivity index (χ4v) is 0.590. The van der Waals surface area contributed by atoms with Crippen LogP contribution in [0.1, 0.15) is 19.8 Å². The zero-order valence-electron chi connectivity index (χ0n) is 7.23. The van der Waals surface area contributed by atoms with E-state index in [0.717, 1.165) is 6.42 Å². The molecule has 0 saturated heterocycles. The number of hydrogen-bond acceptors (Lipinski definition) is 1. The maximum atomic E-state index is 10.0. The molecule has 0 aliphatic heterocycles. The summed E-state index contributed by atoms with van der Waals surface area (Å²) in [4.78, 5) is 10.0. The first kappa shape index (κ1) is 10.7. The molecule has 0 aromatic carbocycles. The normalized spacial score (nSPS) is 12.1. The van der Waals surface area contributed by atoms with Crippen LogP contribution in [0, 0.1) is 0 Å². The van der Waals surface area contributed by atoms with Crippen LogP contribution in [0.3, 0.4) is 0 Å². The Morgan fingerprint density at radius 3 is 2.25 bits per heavy atom. The molecule has 1 N–H and O–H groups in total. The Balaban J connectivity index is 3.52. The highest BCUT2D eigenvalue weighted by Crippen LogP contribution is 1.86. The molecule has 0 saturated carbocycles. The maximum Gasteiger partial charge on any atom is 0.307 e. The molecule has 0 bridgehead atoms. The van der Waals surface area contributed by atoms with Gasteiger partial charge in [-0.15, -0.1) is 0 Å². The second kappa shape index (κ2) is 7.79. The van der Waals surface area contributed by atoms with Gasteiger partial charge in [0.1, 0.15) is 0 Å². The molecule has 0 aliphatic carbocycles. The van der Waals surface area contributed by atoms with Crippen molar-refractivity contribution in [1.82, 2.24) is 0 Å². The zero-order chi connectivity index (χ0) is 9.23. The lowest BCUT2D eigenvalue weighted by atomic mass is 10.3. The number of hydrogen-bond donors (Lipinski definition) is 1. The molecule has 12 heavy (non-hydrogen) atoms. The molecule has 0 unspecified atom stereocenters. The van der Waals surface area contributed by atoms with Gasteiger partial charge in [-0.2, -0.15) is 0 Å². The topological polar surface area (TPSA) is 37.3 Å². The van der Waals surface area contributed by atoms with E-state index in [0.29, 0.717) is 0 Å². The Morgan fingerprint density at radius 1 is 1.17 bits per heavy atom. The van der Waals surface area contributed by atoms with Gasteiger partial charge < -0.3 is 5.11 Å². The molecule has 0 spiro atoms. The molecule has 2 heteroatoms. The van der Waals surface area contributed by atoms with Crippen molar-refractivity contribution in [3.63, 3.8) is 0 Å². The van der Waals surface area contributed by atoms with Crippen LogP contribution in [-0.2, 0) is 4.79 Å². The molecular formula is C10H14O2. The van der Waals surface area contributed by atoms with E-state index < -0.39 is 5.97 Å². The largest absolute Gasteiger partial charge is 0.481 e. The number of carboxylic acid groups (broad SMARTS) is 1. The van der Waals surface area contributed by atoms with Crippen LogP contribution in [0.4, 0.5) is 0 Å². The number of aliphatic carboxylic acids is 1. The minimum Gasteiger partial charge on any atom is -0.481 e. The minimum absolute atomic E-state index is 0.0852. The van der Waals surface area contributed by atoms with Crippen LogP contribution in [0.15, 0.2) is 36.5 Å². The standard InChI is InChI=1S/C10H14O2/c1-2-3-4-5-6-7-8-9-10(11)12/h3-8H,2,9H2,1H3,(H,11,12). The monoisotopic (exact) mass is 166 g/mol. The number of rotatable bonds is 5. The van der Waals surface area contributed by atoms with Crippen LogP contribution in [0.5, 0.6) is 0 Å². The molecule has 0 heterocycles. The fourth-order valence-electron chi connectivity index (χ4n) is 0.590. The summed E-state index contributed by atoms with van der Waals surface area (Å²) in [5.74, 6) is -0.802. The average Bonchev–Trinajstić information content (AvgIpc) is 2.02. The smallest absolute Gasteiger partial charge is 0.307 e. The number of allylic oxidation sites excluding steroid dienone is 5. The molecule has 0 aliphatic rings. The SMILES string of the molecule is CCC=CC=CC=CCC(=O)O. The van der Waals surface area contributed by atoms with Crippen LogP contribution >= 0.6 is 0 Å². The van der Waals surface area contributed by atoms with Crippen molar-refractivity contribution < 1.29 is 9.90 Å². The molecule has 0 atom stereocenters. The second-order valence-electron chi connectivity index (χ2n) is 2.25. The molecule has 0 aromatic heterocycles. The first-order chi connectivity index (χ1) is 5.77. The van der Waals surface area contributed by atoms with E-state index in [1.165, 1.54) is 0 Å². The van der Waals surface area contributed by atoms with E-state index >= 15 is 0 Å². The van der Waals surface area contributed by atoms with Crippen molar-refractivity contribution in [2.45, 2.75) is 19.8 Å². The lowest BCUT2D eigenvalue weighted by Crippen LogP contribution is -1.89. The fraction of sp³-hybridized carbons (Fsp3) is 0.300. The minimum atomic E-state index is -0.802. The van der Waals surface area contributed by atoms with Crippen molar-refractivity contribution in [2.75, 3.05) is 0 Å². The highest BCUT2D eigenvalue weighted by molar-refractivity contribution is 5.68. The van der Waals surface area contributed by atoms with Gasteiger partial charge in [0.25, 0.3) is 0 Å². The summed E-state index contributed by atoms with van der Waals surface area (Å²) in [5.41, 5.74) is 0. The molecule has 0 radical (unpaired) electrons. The van der Waals surface area contributed by atoms with Crippen molar-refractivity contribution in [3.8, 4) is 0 Å². The Labute approximate surface area is 72.9 Å². The van der Waals surface area contributed by atoms with Gasteiger partial charge in [0.15, 0.2) is 0 Å². The lowest BCUT2D eigenvalue weighted by Gasteiger charge is -1.79. The summed E-state index contributed by atoms with van der Waals surface area (Å²) in [6, 6.07) is 0. The van der Waals surface area contributed by atoms with Crippen molar-refractivity contribution in [3.05, 3.63) is 36.5 Å². The van der Waals surface area contributed by atoms with Crippen molar-refractivity contribution in [1.29, 1.82) is 0 Å². The van der Waals surface area contributed by atoms with Crippen LogP contribution in [0.2, 0.25) is 0 Å². The number of carbonyl (C=O) groups is 1. The summed E-state index contributed by atoms with van der Waals surface area (Å²) >= 11 is 0. The van der Waals surface area contributed by atoms with Gasteiger partial charge in [0.2, 0.25) is 0 Å². The van der Waals surface area contributed by atoms with Crippen molar-refractivity contribution in [2.24, 2.45) is 0 Å². The Hall–Kier alpha value is -1.31. The van der Waals surface area contributed by atoms with E-state index in [-0.39, 0.29) is 6.42 Å². The lowest BCUT2D eigenvalue weighted by molar-refractivity contribution is -0.135. The second-order valence-corrected chi connectivity index (χ2v) is 2.25. The maximum absolute atomic E-state index is 10.0. The van der Waals surface area contributed by atoms with Crippen LogP contribution < -0.4 is 0 Å². The molecule has 0 aromatic rings.